The third-order valence-corrected chi connectivity index (χ3v) is 8.63. The van der Waals surface area contributed by atoms with Crippen LogP contribution in [0.3, 0.4) is 0 Å². The van der Waals surface area contributed by atoms with Gasteiger partial charge in [0.2, 0.25) is 0 Å². The number of pyridine rings is 1. The van der Waals surface area contributed by atoms with Gasteiger partial charge in [0.05, 0.1) is 5.69 Å². The van der Waals surface area contributed by atoms with Crippen molar-refractivity contribution in [3.63, 3.8) is 0 Å². The van der Waals surface area contributed by atoms with E-state index in [-0.39, 0.29) is 25.8 Å². The summed E-state index contributed by atoms with van der Waals surface area (Å²) in [5.41, 5.74) is 10.1. The second kappa shape index (κ2) is 13.0. The Kier molecular flexibility index (Phi) is 8.94. The zero-order chi connectivity index (χ0) is 32.0. The maximum absolute atomic E-state index is 6.45. The molecule has 0 bridgehead atoms. The van der Waals surface area contributed by atoms with Crippen molar-refractivity contribution in [1.82, 2.24) is 19.3 Å². The maximum Gasteiger partial charge on any atom is 2.00 e. The number of hydrogen-bond donors (Lipinski definition) is 0. The van der Waals surface area contributed by atoms with Crippen molar-refractivity contribution in [2.75, 3.05) is 0 Å². The van der Waals surface area contributed by atoms with Gasteiger partial charge in [-0.15, -0.1) is 35.7 Å². The number of benzene rings is 4. The van der Waals surface area contributed by atoms with E-state index in [4.69, 9.17) is 14.8 Å². The van der Waals surface area contributed by atoms with Crippen molar-refractivity contribution in [2.24, 2.45) is 0 Å². The predicted octanol–water partition coefficient (Wildman–Crippen LogP) is 10.2. The molecule has 0 N–H and O–H groups in total. The van der Waals surface area contributed by atoms with Crippen molar-refractivity contribution < 1.29 is 25.2 Å². The van der Waals surface area contributed by atoms with Crippen LogP contribution in [0.15, 0.2) is 97.2 Å². The van der Waals surface area contributed by atoms with Gasteiger partial charge in [-0.05, 0) is 71.1 Å². The summed E-state index contributed by atoms with van der Waals surface area (Å²) in [5.74, 6) is 2.08. The molecule has 0 radical (unpaired) electrons. The summed E-state index contributed by atoms with van der Waals surface area (Å²) in [6, 6.07) is 38.5. The van der Waals surface area contributed by atoms with Crippen LogP contribution in [-0.2, 0) is 38.7 Å². The van der Waals surface area contributed by atoms with Gasteiger partial charge in [-0.1, -0.05) is 82.6 Å². The normalized spacial score (nSPS) is 11.6. The van der Waals surface area contributed by atoms with Crippen molar-refractivity contribution >= 4 is 21.8 Å². The van der Waals surface area contributed by atoms with Gasteiger partial charge in [-0.3, -0.25) is 4.68 Å². The van der Waals surface area contributed by atoms with Gasteiger partial charge < -0.3 is 9.30 Å². The van der Waals surface area contributed by atoms with Gasteiger partial charge in [-0.25, -0.2) is 4.98 Å². The third kappa shape index (κ3) is 6.05. The van der Waals surface area contributed by atoms with E-state index in [1.54, 1.807) is 0 Å². The molecule has 7 aromatic rings. The van der Waals surface area contributed by atoms with Crippen LogP contribution in [0.4, 0.5) is 0 Å². The fourth-order valence-electron chi connectivity index (χ4n) is 6.30. The molecule has 0 aliphatic heterocycles. The van der Waals surface area contributed by atoms with Crippen LogP contribution < -0.4 is 4.74 Å². The van der Waals surface area contributed by atoms with E-state index in [1.807, 2.05) is 41.2 Å². The minimum absolute atomic E-state index is 0. The second-order valence-corrected chi connectivity index (χ2v) is 12.8. The molecule has 238 valence electrons. The van der Waals surface area contributed by atoms with Gasteiger partial charge in [-0.2, -0.15) is 17.2 Å². The van der Waals surface area contributed by atoms with Gasteiger partial charge in [0.25, 0.3) is 0 Å². The van der Waals surface area contributed by atoms with Crippen LogP contribution in [0, 0.1) is 19.1 Å². The molecular formula is C41H38N4OPd. The third-order valence-electron chi connectivity index (χ3n) is 8.63. The molecule has 7 rings (SSSR count). The first-order chi connectivity index (χ1) is 22.2. The van der Waals surface area contributed by atoms with Crippen LogP contribution in [0.1, 0.15) is 57.1 Å². The molecular weight excluding hydrogens is 671 g/mol. The van der Waals surface area contributed by atoms with Gasteiger partial charge in [0.1, 0.15) is 5.82 Å². The Labute approximate surface area is 290 Å². The van der Waals surface area contributed by atoms with Crippen LogP contribution >= 0.6 is 0 Å². The number of para-hydroxylation sites is 1. The maximum atomic E-state index is 6.45. The summed E-state index contributed by atoms with van der Waals surface area (Å²) in [7, 11) is 0. The van der Waals surface area contributed by atoms with Crippen LogP contribution in [-0.4, -0.2) is 19.3 Å². The average molecular weight is 709 g/mol. The Balaban J connectivity index is 0.00000386. The van der Waals surface area contributed by atoms with E-state index in [1.165, 1.54) is 22.4 Å². The molecule has 3 heterocycles. The fourth-order valence-corrected chi connectivity index (χ4v) is 6.30. The smallest absolute Gasteiger partial charge is 0.509 e. The molecule has 5 nitrogen and oxygen atoms in total. The molecule has 0 aliphatic carbocycles. The number of rotatable bonds is 7. The first-order valence-corrected chi connectivity index (χ1v) is 16.1. The van der Waals surface area contributed by atoms with Crippen molar-refractivity contribution in [2.45, 2.75) is 59.8 Å². The molecule has 4 aromatic carbocycles. The van der Waals surface area contributed by atoms with Crippen molar-refractivity contribution in [3.8, 4) is 34.1 Å². The summed E-state index contributed by atoms with van der Waals surface area (Å²) in [5, 5.41) is 7.37. The summed E-state index contributed by atoms with van der Waals surface area (Å²) in [6.45, 7) is 13.2. The molecule has 6 heteroatoms. The second-order valence-electron chi connectivity index (χ2n) is 12.8. The van der Waals surface area contributed by atoms with Gasteiger partial charge in [0, 0.05) is 34.5 Å². The monoisotopic (exact) mass is 708 g/mol. The molecule has 0 saturated heterocycles. The number of ether oxygens (including phenoxy) is 1. The van der Waals surface area contributed by atoms with E-state index >= 15 is 0 Å². The van der Waals surface area contributed by atoms with E-state index in [9.17, 15) is 0 Å². The summed E-state index contributed by atoms with van der Waals surface area (Å²) < 4.78 is 10.6. The number of hydrogen-bond acceptors (Lipinski definition) is 3. The van der Waals surface area contributed by atoms with Crippen molar-refractivity contribution in [1.29, 1.82) is 0 Å². The summed E-state index contributed by atoms with van der Waals surface area (Å²) in [6.07, 6.45) is 3.52. The zero-order valence-corrected chi connectivity index (χ0v) is 29.2. The van der Waals surface area contributed by atoms with E-state index in [2.05, 4.69) is 119 Å². The number of aromatic nitrogens is 4. The van der Waals surface area contributed by atoms with Crippen LogP contribution in [0.25, 0.3) is 44.4 Å². The topological polar surface area (TPSA) is 44.9 Å². The minimum atomic E-state index is 0. The Hall–Kier alpha value is -4.50. The van der Waals surface area contributed by atoms with E-state index in [0.29, 0.717) is 11.5 Å². The first kappa shape index (κ1) is 32.4. The first-order valence-electron chi connectivity index (χ1n) is 16.1. The van der Waals surface area contributed by atoms with E-state index < -0.39 is 0 Å². The Morgan fingerprint density at radius 3 is 2.34 bits per heavy atom. The fraction of sp³-hybridized carbons (Fsp3) is 0.220. The summed E-state index contributed by atoms with van der Waals surface area (Å²) >= 11 is 0. The number of aryl methyl sites for hydroxylation is 2. The quantitative estimate of drug-likeness (QED) is 0.122. The minimum Gasteiger partial charge on any atom is -0.509 e. The molecule has 3 aromatic heterocycles. The molecule has 0 atom stereocenters. The zero-order valence-electron chi connectivity index (χ0n) is 27.7. The molecule has 0 aliphatic rings. The van der Waals surface area contributed by atoms with Crippen LogP contribution in [0.2, 0.25) is 0 Å². The van der Waals surface area contributed by atoms with E-state index in [0.717, 1.165) is 57.4 Å². The Morgan fingerprint density at radius 2 is 1.57 bits per heavy atom. The Morgan fingerprint density at radius 1 is 0.787 bits per heavy atom. The van der Waals surface area contributed by atoms with Gasteiger partial charge in [0.15, 0.2) is 0 Å². The standard InChI is InChI=1S/C41H38N4O.Pd/c1-7-35-40(28-13-11-14-29(24-28)41(4,5)6)36(8-2)45(43-35)30-15-12-16-31(25-30)46-32-19-20-34-33-17-9-10-18-37(33)44(38(34)26-32)39-23-27(3)21-22-42-39;/h9-24H,7-8H2,1-6H3;/q-2;+2. The average Bonchev–Trinajstić information content (AvgIpc) is 3.60. The molecule has 0 unspecified atom stereocenters. The molecule has 0 saturated carbocycles. The molecule has 47 heavy (non-hydrogen) atoms. The molecule has 0 fully saturated rings. The molecule has 0 spiro atoms. The molecule has 0 amide bonds. The van der Waals surface area contributed by atoms with Crippen LogP contribution in [0.5, 0.6) is 11.5 Å². The largest absolute Gasteiger partial charge is 2.00 e. The van der Waals surface area contributed by atoms with Crippen molar-refractivity contribution in [3.05, 3.63) is 132 Å². The van der Waals surface area contributed by atoms with Gasteiger partial charge >= 0.3 is 20.4 Å². The summed E-state index contributed by atoms with van der Waals surface area (Å²) in [4.78, 5) is 4.70. The SMILES string of the molecule is CCc1nn(-c2[c-]c(Oc3[c-]c4c(cc3)c3ccccc3n4-c3cc(C)ccn3)ccc2)c(CC)c1-c1cccc(C(C)(C)C)c1.[Pd+2]. The Bertz CT molecular complexity index is 2220. The number of fused-ring (bicyclic) bond motifs is 3. The number of nitrogens with zero attached hydrogens (tertiary/aromatic N) is 4. The predicted molar refractivity (Wildman–Crippen MR) is 188 cm³/mol.